The second kappa shape index (κ2) is 6.98. The minimum atomic E-state index is 0.637. The molecule has 2 aromatic carbocycles. The topological polar surface area (TPSA) is 65.2 Å². The summed E-state index contributed by atoms with van der Waals surface area (Å²) in [6.45, 7) is 1.96. The molecule has 0 fully saturated rings. The number of hydrogen-bond donors (Lipinski definition) is 0. The van der Waals surface area contributed by atoms with Crippen molar-refractivity contribution in [2.75, 3.05) is 7.11 Å². The molecule has 2 aromatic heterocycles. The number of allylic oxidation sites excluding steroid dienone is 1. The Morgan fingerprint density at radius 1 is 0.966 bits per heavy atom. The van der Waals surface area contributed by atoms with Crippen LogP contribution >= 0.6 is 0 Å². The summed E-state index contributed by atoms with van der Waals surface area (Å²) in [5.41, 5.74) is 4.78. The van der Waals surface area contributed by atoms with Crippen molar-refractivity contribution in [2.45, 2.75) is 13.3 Å². The number of para-hydroxylation sites is 2. The maximum Gasteiger partial charge on any atom is 0.182 e. The van der Waals surface area contributed by atoms with Gasteiger partial charge >= 0.3 is 0 Å². The van der Waals surface area contributed by atoms with E-state index in [2.05, 4.69) is 15.2 Å². The summed E-state index contributed by atoms with van der Waals surface area (Å²) < 4.78 is 7.54. The molecule has 0 bridgehead atoms. The van der Waals surface area contributed by atoms with Gasteiger partial charge in [0.15, 0.2) is 5.82 Å². The molecule has 5 rings (SSSR count). The van der Waals surface area contributed by atoms with Gasteiger partial charge in [0.1, 0.15) is 12.1 Å². The van der Waals surface area contributed by atoms with Crippen LogP contribution in [0.15, 0.2) is 65.9 Å². The summed E-state index contributed by atoms with van der Waals surface area (Å²) in [5, 5.41) is 10.7. The van der Waals surface area contributed by atoms with Gasteiger partial charge in [-0.05, 0) is 31.2 Å². The zero-order valence-corrected chi connectivity index (χ0v) is 16.2. The number of ether oxygens (including phenoxy) is 1. The maximum absolute atomic E-state index is 5.50. The van der Waals surface area contributed by atoms with E-state index < -0.39 is 0 Å². The van der Waals surface area contributed by atoms with Crippen molar-refractivity contribution in [1.29, 1.82) is 0 Å². The van der Waals surface area contributed by atoms with E-state index in [0.717, 1.165) is 45.0 Å². The number of fused-ring (bicyclic) bond motifs is 2. The highest BCUT2D eigenvalue weighted by Crippen LogP contribution is 2.29. The third kappa shape index (κ3) is 2.99. The molecule has 0 saturated carbocycles. The lowest BCUT2D eigenvalue weighted by atomic mass is 10.1. The highest BCUT2D eigenvalue weighted by Gasteiger charge is 2.18. The molecule has 6 heteroatoms. The number of aliphatic imine (C=N–C) groups is 1. The van der Waals surface area contributed by atoms with Gasteiger partial charge in [0, 0.05) is 22.9 Å². The number of aryl methyl sites for hydroxylation is 1. The average Bonchev–Trinajstić information content (AvgIpc) is 3.19. The number of rotatable bonds is 3. The predicted octanol–water partition coefficient (Wildman–Crippen LogP) is 4.47. The van der Waals surface area contributed by atoms with E-state index in [1.807, 2.05) is 78.5 Å². The molecule has 1 aliphatic carbocycles. The lowest BCUT2D eigenvalue weighted by Crippen LogP contribution is -2.08. The van der Waals surface area contributed by atoms with Crippen LogP contribution in [-0.4, -0.2) is 32.6 Å². The number of imidazole rings is 1. The van der Waals surface area contributed by atoms with Crippen molar-refractivity contribution in [2.24, 2.45) is 4.99 Å². The van der Waals surface area contributed by atoms with Crippen LogP contribution in [0.2, 0.25) is 0 Å². The molecule has 0 amide bonds. The molecule has 0 unspecified atom stereocenters. The Kier molecular flexibility index (Phi) is 4.17. The van der Waals surface area contributed by atoms with Crippen molar-refractivity contribution in [3.05, 3.63) is 78.0 Å². The number of hydrogen-bond acceptors (Lipinski definition) is 5. The summed E-state index contributed by atoms with van der Waals surface area (Å²) in [6, 6.07) is 16.0. The van der Waals surface area contributed by atoms with Gasteiger partial charge in [0.05, 0.1) is 29.9 Å². The monoisotopic (exact) mass is 381 g/mol. The van der Waals surface area contributed by atoms with Gasteiger partial charge in [-0.25, -0.2) is 9.98 Å². The average molecular weight is 381 g/mol. The first-order valence-electron chi connectivity index (χ1n) is 9.42. The van der Waals surface area contributed by atoms with Crippen molar-refractivity contribution < 1.29 is 4.74 Å². The Balaban J connectivity index is 1.54. The number of methoxy groups -OCH3 is 1. The van der Waals surface area contributed by atoms with E-state index in [0.29, 0.717) is 12.2 Å². The Labute approximate surface area is 168 Å². The highest BCUT2D eigenvalue weighted by molar-refractivity contribution is 6.05. The third-order valence-corrected chi connectivity index (χ3v) is 5.11. The van der Waals surface area contributed by atoms with Crippen LogP contribution in [-0.2, 0) is 6.42 Å². The zero-order valence-electron chi connectivity index (χ0n) is 16.2. The molecule has 2 heterocycles. The van der Waals surface area contributed by atoms with Gasteiger partial charge in [-0.15, -0.1) is 5.10 Å². The fourth-order valence-corrected chi connectivity index (χ4v) is 3.65. The smallest absolute Gasteiger partial charge is 0.182 e. The number of aromatic nitrogens is 4. The highest BCUT2D eigenvalue weighted by atomic mass is 16.5. The molecule has 0 spiro atoms. The van der Waals surface area contributed by atoms with E-state index in [-0.39, 0.29) is 0 Å². The molecule has 1 aliphatic rings. The van der Waals surface area contributed by atoms with Crippen molar-refractivity contribution in [1.82, 2.24) is 19.7 Å². The normalized spacial score (nSPS) is 14.3. The van der Waals surface area contributed by atoms with E-state index in [1.165, 1.54) is 0 Å². The first-order chi connectivity index (χ1) is 14.2. The number of nitrogens with zero attached hydrogens (tertiary/aromatic N) is 5. The van der Waals surface area contributed by atoms with Crippen molar-refractivity contribution in [3.63, 3.8) is 0 Å². The van der Waals surface area contributed by atoms with Gasteiger partial charge in [-0.2, -0.15) is 5.10 Å². The molecule has 29 heavy (non-hydrogen) atoms. The van der Waals surface area contributed by atoms with Crippen LogP contribution in [0.25, 0.3) is 22.5 Å². The van der Waals surface area contributed by atoms with Gasteiger partial charge < -0.3 is 4.74 Å². The predicted molar refractivity (Wildman–Crippen MR) is 114 cm³/mol. The van der Waals surface area contributed by atoms with E-state index >= 15 is 0 Å². The Bertz CT molecular complexity index is 1290. The van der Waals surface area contributed by atoms with Gasteiger partial charge in [0.25, 0.3) is 0 Å². The first-order valence-corrected chi connectivity index (χ1v) is 9.42. The van der Waals surface area contributed by atoms with Gasteiger partial charge in [0.2, 0.25) is 0 Å². The lowest BCUT2D eigenvalue weighted by Gasteiger charge is -2.13. The van der Waals surface area contributed by atoms with Crippen LogP contribution in [0.5, 0.6) is 5.75 Å². The molecule has 4 aromatic rings. The molecule has 0 atom stereocenters. The minimum absolute atomic E-state index is 0.637. The summed E-state index contributed by atoms with van der Waals surface area (Å²) in [7, 11) is 1.68. The summed E-state index contributed by atoms with van der Waals surface area (Å²) >= 11 is 0. The summed E-state index contributed by atoms with van der Waals surface area (Å²) in [4.78, 5) is 9.40. The van der Waals surface area contributed by atoms with Gasteiger partial charge in [-0.3, -0.25) is 4.57 Å². The van der Waals surface area contributed by atoms with E-state index in [4.69, 9.17) is 9.73 Å². The van der Waals surface area contributed by atoms with Crippen LogP contribution in [0, 0.1) is 6.92 Å². The second-order valence-corrected chi connectivity index (χ2v) is 6.89. The van der Waals surface area contributed by atoms with E-state index in [9.17, 15) is 0 Å². The largest absolute Gasteiger partial charge is 0.495 e. The Morgan fingerprint density at radius 2 is 1.76 bits per heavy atom. The van der Waals surface area contributed by atoms with Crippen molar-refractivity contribution in [3.8, 4) is 11.4 Å². The van der Waals surface area contributed by atoms with Gasteiger partial charge in [-0.1, -0.05) is 36.4 Å². The first kappa shape index (κ1) is 17.3. The summed E-state index contributed by atoms with van der Waals surface area (Å²) in [6.07, 6.45) is 6.53. The Hall–Kier alpha value is -3.80. The molecule has 0 aliphatic heterocycles. The molecular formula is C23H19N5O. The second-order valence-electron chi connectivity index (χ2n) is 6.89. The SMILES string of the molecule is COc1ccccc1-n1cnc2c1C=CC(=Nc1nnc(C)c3ccccc13)C2. The Morgan fingerprint density at radius 3 is 2.62 bits per heavy atom. The van der Waals surface area contributed by atoms with Crippen LogP contribution in [0.4, 0.5) is 5.82 Å². The molecule has 6 nitrogen and oxygen atoms in total. The molecule has 0 N–H and O–H groups in total. The third-order valence-electron chi connectivity index (χ3n) is 5.11. The van der Waals surface area contributed by atoms with Crippen molar-refractivity contribution >= 4 is 28.4 Å². The molecule has 0 saturated heterocycles. The zero-order chi connectivity index (χ0) is 19.8. The minimum Gasteiger partial charge on any atom is -0.495 e. The lowest BCUT2D eigenvalue weighted by molar-refractivity contribution is 0.413. The maximum atomic E-state index is 5.50. The molecule has 0 radical (unpaired) electrons. The van der Waals surface area contributed by atoms with Crippen LogP contribution < -0.4 is 4.74 Å². The fourth-order valence-electron chi connectivity index (χ4n) is 3.65. The van der Waals surface area contributed by atoms with Crippen LogP contribution in [0.1, 0.15) is 17.1 Å². The molecular weight excluding hydrogens is 362 g/mol. The fraction of sp³-hybridized carbons (Fsp3) is 0.130. The summed E-state index contributed by atoms with van der Waals surface area (Å²) in [5.74, 6) is 1.44. The van der Waals surface area contributed by atoms with E-state index in [1.54, 1.807) is 7.11 Å². The van der Waals surface area contributed by atoms with Crippen LogP contribution in [0.3, 0.4) is 0 Å². The quantitative estimate of drug-likeness (QED) is 0.525. The molecule has 142 valence electrons. The number of benzene rings is 2. The standard InChI is InChI=1S/C23H19N5O/c1-15-17-7-3-4-8-18(17)23(27-26-15)25-16-11-12-20-19(13-16)24-14-28(20)21-9-5-6-10-22(21)29-2/h3-12,14H,13H2,1-2H3.